The van der Waals surface area contributed by atoms with Crippen molar-refractivity contribution < 1.29 is 9.53 Å². The maximum atomic E-state index is 12.2. The van der Waals surface area contributed by atoms with Crippen LogP contribution in [0.2, 0.25) is 5.15 Å². The Morgan fingerprint density at radius 3 is 2.96 bits per heavy atom. The maximum absolute atomic E-state index is 12.2. The van der Waals surface area contributed by atoms with Crippen molar-refractivity contribution in [3.63, 3.8) is 0 Å². The maximum Gasteiger partial charge on any atom is 0.255 e. The van der Waals surface area contributed by atoms with Crippen molar-refractivity contribution in [3.8, 4) is 10.4 Å². The molecule has 3 aromatic rings. The number of carbonyl (C=O) groups is 1. The van der Waals surface area contributed by atoms with Crippen molar-refractivity contribution in [2.75, 3.05) is 11.9 Å². The van der Waals surface area contributed by atoms with Gasteiger partial charge in [-0.3, -0.25) is 10.1 Å². The molecule has 3 heterocycles. The minimum Gasteiger partial charge on any atom is -0.368 e. The third kappa shape index (κ3) is 3.66. The lowest BCUT2D eigenvalue weighted by Crippen LogP contribution is -2.33. The summed E-state index contributed by atoms with van der Waals surface area (Å²) in [4.78, 5) is 21.6. The molecule has 1 N–H and O–H groups in total. The van der Waals surface area contributed by atoms with E-state index in [0.29, 0.717) is 16.9 Å². The molecule has 128 valence electrons. The Kier molecular flexibility index (Phi) is 4.65. The van der Waals surface area contributed by atoms with E-state index in [4.69, 9.17) is 16.3 Å². The van der Waals surface area contributed by atoms with Crippen LogP contribution in [0.5, 0.6) is 0 Å². The highest BCUT2D eigenvalue weighted by molar-refractivity contribution is 7.19. The molecule has 2 aromatic heterocycles. The SMILES string of the molecule is O=C(Nc1ncc(-c2ccc3cnc(Cl)cc3c2)s1)[C@@H]1CCCCO1. The van der Waals surface area contributed by atoms with Gasteiger partial charge < -0.3 is 4.74 Å². The van der Waals surface area contributed by atoms with Crippen LogP contribution < -0.4 is 5.32 Å². The molecule has 1 atom stereocenters. The summed E-state index contributed by atoms with van der Waals surface area (Å²) >= 11 is 7.42. The molecule has 7 heteroatoms. The van der Waals surface area contributed by atoms with Gasteiger partial charge in [0.25, 0.3) is 5.91 Å². The lowest BCUT2D eigenvalue weighted by molar-refractivity contribution is -0.129. The summed E-state index contributed by atoms with van der Waals surface area (Å²) < 4.78 is 5.51. The first-order valence-corrected chi connectivity index (χ1v) is 9.32. The number of fused-ring (bicyclic) bond motifs is 1. The summed E-state index contributed by atoms with van der Waals surface area (Å²) in [6.45, 7) is 0.649. The number of benzene rings is 1. The molecular formula is C18H16ClN3O2S. The number of rotatable bonds is 3. The molecule has 1 aliphatic rings. The minimum atomic E-state index is -0.364. The minimum absolute atomic E-state index is 0.114. The lowest BCUT2D eigenvalue weighted by Gasteiger charge is -2.20. The molecule has 0 aliphatic carbocycles. The first-order valence-electron chi connectivity index (χ1n) is 8.13. The molecule has 1 aromatic carbocycles. The van der Waals surface area contributed by atoms with Crippen LogP contribution in [0.15, 0.2) is 36.7 Å². The predicted molar refractivity (Wildman–Crippen MR) is 100 cm³/mol. The first-order chi connectivity index (χ1) is 12.2. The fourth-order valence-corrected chi connectivity index (χ4v) is 3.85. The Morgan fingerprint density at radius 1 is 1.20 bits per heavy atom. The van der Waals surface area contributed by atoms with Crippen molar-refractivity contribution in [1.82, 2.24) is 9.97 Å². The van der Waals surface area contributed by atoms with Crippen molar-refractivity contribution in [3.05, 3.63) is 41.8 Å². The standard InChI is InChI=1S/C18H16ClN3O2S/c19-16-8-13-7-11(4-5-12(13)9-20-16)15-10-21-18(25-15)22-17(23)14-3-1-2-6-24-14/h4-5,7-10,14H,1-3,6H2,(H,21,22,23)/t14-/m0/s1. The average Bonchev–Trinajstić information content (AvgIpc) is 3.10. The number of amides is 1. The van der Waals surface area contributed by atoms with Crippen LogP contribution in [-0.4, -0.2) is 28.6 Å². The molecule has 1 aliphatic heterocycles. The highest BCUT2D eigenvalue weighted by Crippen LogP contribution is 2.31. The van der Waals surface area contributed by atoms with Gasteiger partial charge in [0.05, 0.1) is 4.88 Å². The van der Waals surface area contributed by atoms with Gasteiger partial charge in [-0.25, -0.2) is 9.97 Å². The van der Waals surface area contributed by atoms with Gasteiger partial charge in [0.2, 0.25) is 0 Å². The number of hydrogen-bond donors (Lipinski definition) is 1. The molecule has 0 radical (unpaired) electrons. The average molecular weight is 374 g/mol. The zero-order valence-electron chi connectivity index (χ0n) is 13.4. The van der Waals surface area contributed by atoms with E-state index >= 15 is 0 Å². The molecule has 1 fully saturated rings. The number of nitrogens with one attached hydrogen (secondary N) is 1. The second-order valence-corrected chi connectivity index (χ2v) is 7.36. The van der Waals surface area contributed by atoms with E-state index < -0.39 is 0 Å². The molecule has 0 bridgehead atoms. The Balaban J connectivity index is 1.53. The number of carbonyl (C=O) groups excluding carboxylic acids is 1. The van der Waals surface area contributed by atoms with Gasteiger partial charge in [0.15, 0.2) is 5.13 Å². The smallest absolute Gasteiger partial charge is 0.255 e. The zero-order valence-corrected chi connectivity index (χ0v) is 14.9. The molecule has 0 saturated carbocycles. The van der Waals surface area contributed by atoms with Gasteiger partial charge in [0, 0.05) is 24.4 Å². The van der Waals surface area contributed by atoms with E-state index in [1.54, 1.807) is 12.4 Å². The molecular weight excluding hydrogens is 358 g/mol. The predicted octanol–water partition coefficient (Wildman–Crippen LogP) is 4.52. The largest absolute Gasteiger partial charge is 0.368 e. The van der Waals surface area contributed by atoms with Crippen LogP contribution in [-0.2, 0) is 9.53 Å². The fourth-order valence-electron chi connectivity index (χ4n) is 2.87. The lowest BCUT2D eigenvalue weighted by atomic mass is 10.1. The topological polar surface area (TPSA) is 64.1 Å². The Labute approximate surface area is 154 Å². The van der Waals surface area contributed by atoms with E-state index in [2.05, 4.69) is 15.3 Å². The van der Waals surface area contributed by atoms with Crippen LogP contribution in [0.3, 0.4) is 0 Å². The third-order valence-electron chi connectivity index (χ3n) is 4.18. The molecule has 1 saturated heterocycles. The number of pyridine rings is 1. The highest BCUT2D eigenvalue weighted by atomic mass is 35.5. The monoisotopic (exact) mass is 373 g/mol. The molecule has 4 rings (SSSR count). The van der Waals surface area contributed by atoms with Crippen molar-refractivity contribution in [2.45, 2.75) is 25.4 Å². The first kappa shape index (κ1) is 16.4. The van der Waals surface area contributed by atoms with E-state index in [1.807, 2.05) is 24.3 Å². The van der Waals surface area contributed by atoms with Gasteiger partial charge in [-0.2, -0.15) is 0 Å². The van der Waals surface area contributed by atoms with Gasteiger partial charge in [-0.05, 0) is 42.3 Å². The summed E-state index contributed by atoms with van der Waals surface area (Å²) in [5, 5.41) is 5.96. The van der Waals surface area contributed by atoms with Crippen LogP contribution >= 0.6 is 22.9 Å². The number of thiazole rings is 1. The number of aromatic nitrogens is 2. The zero-order chi connectivity index (χ0) is 17.2. The summed E-state index contributed by atoms with van der Waals surface area (Å²) in [6, 6.07) is 7.90. The van der Waals surface area contributed by atoms with Crippen LogP contribution in [0.25, 0.3) is 21.2 Å². The summed E-state index contributed by atoms with van der Waals surface area (Å²) in [5.41, 5.74) is 1.03. The quantitative estimate of drug-likeness (QED) is 0.685. The van der Waals surface area contributed by atoms with E-state index in [1.165, 1.54) is 11.3 Å². The number of hydrogen-bond acceptors (Lipinski definition) is 5. The van der Waals surface area contributed by atoms with Gasteiger partial charge >= 0.3 is 0 Å². The number of halogens is 1. The van der Waals surface area contributed by atoms with Gasteiger partial charge in [-0.15, -0.1) is 0 Å². The summed E-state index contributed by atoms with van der Waals surface area (Å²) in [5.74, 6) is -0.114. The van der Waals surface area contributed by atoms with Crippen LogP contribution in [0.1, 0.15) is 19.3 Å². The van der Waals surface area contributed by atoms with Crippen molar-refractivity contribution >= 4 is 44.7 Å². The van der Waals surface area contributed by atoms with Gasteiger partial charge in [-0.1, -0.05) is 35.1 Å². The van der Waals surface area contributed by atoms with E-state index in [0.717, 1.165) is 40.5 Å². The fraction of sp³-hybridized carbons (Fsp3) is 0.278. The molecule has 5 nitrogen and oxygen atoms in total. The molecule has 25 heavy (non-hydrogen) atoms. The number of nitrogens with zero attached hydrogens (tertiary/aromatic N) is 2. The van der Waals surface area contributed by atoms with Gasteiger partial charge in [0.1, 0.15) is 11.3 Å². The summed E-state index contributed by atoms with van der Waals surface area (Å²) in [6.07, 6.45) is 5.97. The normalized spacial score (nSPS) is 17.6. The molecule has 0 unspecified atom stereocenters. The van der Waals surface area contributed by atoms with Crippen LogP contribution in [0, 0.1) is 0 Å². The number of ether oxygens (including phenoxy) is 1. The highest BCUT2D eigenvalue weighted by Gasteiger charge is 2.22. The van der Waals surface area contributed by atoms with Crippen LogP contribution in [0.4, 0.5) is 5.13 Å². The van der Waals surface area contributed by atoms with Crippen molar-refractivity contribution in [1.29, 1.82) is 0 Å². The molecule has 0 spiro atoms. The van der Waals surface area contributed by atoms with Crippen molar-refractivity contribution in [2.24, 2.45) is 0 Å². The van der Waals surface area contributed by atoms with E-state index in [-0.39, 0.29) is 12.0 Å². The second-order valence-electron chi connectivity index (χ2n) is 5.94. The Morgan fingerprint density at radius 2 is 2.12 bits per heavy atom. The second kappa shape index (κ2) is 7.07. The molecule has 1 amide bonds. The Bertz CT molecular complexity index is 922. The van der Waals surface area contributed by atoms with E-state index in [9.17, 15) is 4.79 Å². The Hall–Kier alpha value is -2.02. The number of anilines is 1. The third-order valence-corrected chi connectivity index (χ3v) is 5.35. The summed E-state index contributed by atoms with van der Waals surface area (Å²) in [7, 11) is 0.